The first-order valence-electron chi connectivity index (χ1n) is 6.13. The first kappa shape index (κ1) is 13.9. The van der Waals surface area contributed by atoms with Crippen molar-refractivity contribution in [2.45, 2.75) is 6.42 Å². The summed E-state index contributed by atoms with van der Waals surface area (Å²) in [6.07, 6.45) is 1.89. The Morgan fingerprint density at radius 1 is 1.38 bits per heavy atom. The molecular weight excluding hydrogens is 310 g/mol. The van der Waals surface area contributed by atoms with E-state index in [4.69, 9.17) is 21.1 Å². The monoisotopic (exact) mass is 319 g/mol. The Labute approximate surface area is 129 Å². The van der Waals surface area contributed by atoms with Crippen molar-refractivity contribution in [1.29, 1.82) is 0 Å². The van der Waals surface area contributed by atoms with Gasteiger partial charge in [0.2, 0.25) is 0 Å². The molecule has 2 aromatic heterocycles. The van der Waals surface area contributed by atoms with Gasteiger partial charge in [-0.25, -0.2) is 9.78 Å². The van der Waals surface area contributed by atoms with Crippen LogP contribution in [0.3, 0.4) is 0 Å². The number of hydrogen-bond donors (Lipinski definition) is 1. The second-order valence-electron chi connectivity index (χ2n) is 4.44. The molecule has 1 aromatic carbocycles. The number of halogens is 1. The number of thiazole rings is 1. The standard InChI is InChI=1S/C15H10ClNO3S/c16-11-3-1-2-9(4-11)5-14-17-12(8-21-14)13-6-10(7-20-13)15(18)19/h1-4,6-8H,5H2,(H,18,19). The summed E-state index contributed by atoms with van der Waals surface area (Å²) in [5, 5.41) is 12.3. The molecule has 0 bridgehead atoms. The van der Waals surface area contributed by atoms with Gasteiger partial charge in [-0.3, -0.25) is 0 Å². The van der Waals surface area contributed by atoms with E-state index in [1.807, 2.05) is 29.6 Å². The van der Waals surface area contributed by atoms with Crippen LogP contribution in [0.2, 0.25) is 5.02 Å². The quantitative estimate of drug-likeness (QED) is 0.776. The summed E-state index contributed by atoms with van der Waals surface area (Å²) in [6, 6.07) is 9.09. The van der Waals surface area contributed by atoms with E-state index in [1.54, 1.807) is 0 Å². The molecule has 0 unspecified atom stereocenters. The number of carboxylic acid groups (broad SMARTS) is 1. The highest BCUT2D eigenvalue weighted by Gasteiger charge is 2.12. The predicted octanol–water partition coefficient (Wildman–Crippen LogP) is 4.35. The highest BCUT2D eigenvalue weighted by atomic mass is 35.5. The summed E-state index contributed by atoms with van der Waals surface area (Å²) in [5.41, 5.74) is 1.84. The molecule has 4 nitrogen and oxygen atoms in total. The van der Waals surface area contributed by atoms with E-state index in [2.05, 4.69) is 4.98 Å². The van der Waals surface area contributed by atoms with Gasteiger partial charge < -0.3 is 9.52 Å². The van der Waals surface area contributed by atoms with Crippen molar-refractivity contribution in [3.63, 3.8) is 0 Å². The fourth-order valence-electron chi connectivity index (χ4n) is 1.91. The van der Waals surface area contributed by atoms with Crippen molar-refractivity contribution in [1.82, 2.24) is 4.98 Å². The largest absolute Gasteiger partial charge is 0.478 e. The van der Waals surface area contributed by atoms with Crippen LogP contribution in [0.1, 0.15) is 20.9 Å². The van der Waals surface area contributed by atoms with E-state index in [0.29, 0.717) is 22.9 Å². The third-order valence-electron chi connectivity index (χ3n) is 2.89. The summed E-state index contributed by atoms with van der Waals surface area (Å²) in [5.74, 6) is -0.555. The lowest BCUT2D eigenvalue weighted by Crippen LogP contribution is -1.91. The van der Waals surface area contributed by atoms with E-state index in [0.717, 1.165) is 10.6 Å². The second-order valence-corrected chi connectivity index (χ2v) is 5.82. The molecule has 6 heteroatoms. The third kappa shape index (κ3) is 3.15. The number of carbonyl (C=O) groups is 1. The van der Waals surface area contributed by atoms with Crippen LogP contribution < -0.4 is 0 Å². The maximum Gasteiger partial charge on any atom is 0.338 e. The topological polar surface area (TPSA) is 63.3 Å². The molecule has 106 valence electrons. The zero-order valence-electron chi connectivity index (χ0n) is 10.7. The minimum absolute atomic E-state index is 0.120. The molecule has 0 aliphatic rings. The number of benzene rings is 1. The van der Waals surface area contributed by atoms with Crippen molar-refractivity contribution >= 4 is 28.9 Å². The molecule has 0 amide bonds. The van der Waals surface area contributed by atoms with Crippen LogP contribution in [0.4, 0.5) is 0 Å². The zero-order valence-corrected chi connectivity index (χ0v) is 12.3. The van der Waals surface area contributed by atoms with Crippen LogP contribution in [0.5, 0.6) is 0 Å². The van der Waals surface area contributed by atoms with Gasteiger partial charge in [0.25, 0.3) is 0 Å². The minimum atomic E-state index is -1.01. The van der Waals surface area contributed by atoms with Crippen LogP contribution in [0.15, 0.2) is 46.4 Å². The molecule has 0 radical (unpaired) electrons. The molecule has 21 heavy (non-hydrogen) atoms. The van der Waals surface area contributed by atoms with E-state index < -0.39 is 5.97 Å². The first-order chi connectivity index (χ1) is 10.1. The molecular formula is C15H10ClNO3S. The lowest BCUT2D eigenvalue weighted by Gasteiger charge is -1.98. The Morgan fingerprint density at radius 3 is 2.95 bits per heavy atom. The molecule has 0 saturated carbocycles. The molecule has 0 spiro atoms. The van der Waals surface area contributed by atoms with Crippen molar-refractivity contribution in [3.8, 4) is 11.5 Å². The van der Waals surface area contributed by atoms with E-state index in [-0.39, 0.29) is 5.56 Å². The van der Waals surface area contributed by atoms with Crippen molar-refractivity contribution < 1.29 is 14.3 Å². The summed E-state index contributed by atoms with van der Waals surface area (Å²) in [4.78, 5) is 15.3. The maximum atomic E-state index is 10.8. The first-order valence-corrected chi connectivity index (χ1v) is 7.38. The molecule has 1 N–H and O–H groups in total. The number of rotatable bonds is 4. The molecule has 0 fully saturated rings. The summed E-state index contributed by atoms with van der Waals surface area (Å²) in [6.45, 7) is 0. The van der Waals surface area contributed by atoms with Gasteiger partial charge in [-0.15, -0.1) is 11.3 Å². The Balaban J connectivity index is 1.81. The maximum absolute atomic E-state index is 10.8. The van der Waals surface area contributed by atoms with Gasteiger partial charge >= 0.3 is 5.97 Å². The minimum Gasteiger partial charge on any atom is -0.478 e. The summed E-state index contributed by atoms with van der Waals surface area (Å²) < 4.78 is 5.24. The highest BCUT2D eigenvalue weighted by molar-refractivity contribution is 7.10. The third-order valence-corrected chi connectivity index (χ3v) is 3.98. The van der Waals surface area contributed by atoms with Gasteiger partial charge in [0.15, 0.2) is 5.76 Å². The number of nitrogens with zero attached hydrogens (tertiary/aromatic N) is 1. The lowest BCUT2D eigenvalue weighted by molar-refractivity contribution is 0.0696. The second kappa shape index (κ2) is 5.71. The normalized spacial score (nSPS) is 10.7. The van der Waals surface area contributed by atoms with Gasteiger partial charge in [-0.1, -0.05) is 23.7 Å². The molecule has 0 aliphatic heterocycles. The van der Waals surface area contributed by atoms with Gasteiger partial charge in [0.1, 0.15) is 12.0 Å². The lowest BCUT2D eigenvalue weighted by atomic mass is 10.2. The van der Waals surface area contributed by atoms with Gasteiger partial charge in [0.05, 0.1) is 10.6 Å². The summed E-state index contributed by atoms with van der Waals surface area (Å²) in [7, 11) is 0. The fraction of sp³-hybridized carbons (Fsp3) is 0.0667. The fourth-order valence-corrected chi connectivity index (χ4v) is 2.94. The Bertz CT molecular complexity index is 794. The van der Waals surface area contributed by atoms with Gasteiger partial charge in [0, 0.05) is 22.9 Å². The summed E-state index contributed by atoms with van der Waals surface area (Å²) >= 11 is 7.46. The molecule has 0 aliphatic carbocycles. The van der Waals surface area contributed by atoms with Crippen LogP contribution >= 0.6 is 22.9 Å². The van der Waals surface area contributed by atoms with Crippen molar-refractivity contribution in [3.05, 3.63) is 63.1 Å². The van der Waals surface area contributed by atoms with Crippen molar-refractivity contribution in [2.75, 3.05) is 0 Å². The molecule has 3 rings (SSSR count). The van der Waals surface area contributed by atoms with Gasteiger partial charge in [-0.05, 0) is 17.7 Å². The number of furan rings is 1. The highest BCUT2D eigenvalue weighted by Crippen LogP contribution is 2.25. The van der Waals surface area contributed by atoms with Crippen LogP contribution in [-0.4, -0.2) is 16.1 Å². The molecule has 0 atom stereocenters. The molecule has 3 aromatic rings. The number of aromatic carboxylic acids is 1. The number of hydrogen-bond acceptors (Lipinski definition) is 4. The number of carboxylic acids is 1. The molecule has 2 heterocycles. The van der Waals surface area contributed by atoms with Crippen LogP contribution in [-0.2, 0) is 6.42 Å². The Kier molecular flexibility index (Phi) is 3.77. The Hall–Kier alpha value is -2.11. The smallest absolute Gasteiger partial charge is 0.338 e. The van der Waals surface area contributed by atoms with Crippen molar-refractivity contribution in [2.24, 2.45) is 0 Å². The molecule has 0 saturated heterocycles. The average Bonchev–Trinajstić information content (AvgIpc) is 3.06. The zero-order chi connectivity index (χ0) is 14.8. The van der Waals surface area contributed by atoms with Crippen LogP contribution in [0, 0.1) is 0 Å². The Morgan fingerprint density at radius 2 is 2.24 bits per heavy atom. The average molecular weight is 320 g/mol. The predicted molar refractivity (Wildman–Crippen MR) is 81.0 cm³/mol. The van der Waals surface area contributed by atoms with Gasteiger partial charge in [-0.2, -0.15) is 0 Å². The van der Waals surface area contributed by atoms with Crippen LogP contribution in [0.25, 0.3) is 11.5 Å². The van der Waals surface area contributed by atoms with E-state index in [1.165, 1.54) is 23.7 Å². The van der Waals surface area contributed by atoms with E-state index >= 15 is 0 Å². The SMILES string of the molecule is O=C(O)c1coc(-c2csc(Cc3cccc(Cl)c3)n2)c1. The van der Waals surface area contributed by atoms with E-state index in [9.17, 15) is 4.79 Å². The number of aromatic nitrogens is 1.